The van der Waals surface area contributed by atoms with Crippen molar-refractivity contribution in [2.75, 3.05) is 5.32 Å². The Morgan fingerprint density at radius 3 is 3.00 bits per heavy atom. The minimum absolute atomic E-state index is 0.634. The average Bonchev–Trinajstić information content (AvgIpc) is 3.16. The second-order valence-electron chi connectivity index (χ2n) is 4.41. The summed E-state index contributed by atoms with van der Waals surface area (Å²) in [6.45, 7) is 0.661. The monoisotopic (exact) mass is 358 g/mol. The van der Waals surface area contributed by atoms with E-state index >= 15 is 0 Å². The maximum absolute atomic E-state index is 8.87. The quantitative estimate of drug-likeness (QED) is 0.726. The van der Waals surface area contributed by atoms with Crippen LogP contribution in [-0.2, 0) is 6.54 Å². The predicted molar refractivity (Wildman–Crippen MR) is 88.1 cm³/mol. The van der Waals surface area contributed by atoms with Crippen LogP contribution in [0.2, 0.25) is 0 Å². The van der Waals surface area contributed by atoms with Gasteiger partial charge in [0.15, 0.2) is 0 Å². The van der Waals surface area contributed by atoms with Gasteiger partial charge in [-0.2, -0.15) is 10.4 Å². The SMILES string of the molecule is N#Cc1ccc(NCc2cn[nH]c2-c2cccs2)c(Br)c1. The lowest BCUT2D eigenvalue weighted by atomic mass is 10.2. The summed E-state index contributed by atoms with van der Waals surface area (Å²) in [5.41, 5.74) is 3.73. The minimum Gasteiger partial charge on any atom is -0.380 e. The Hall–Kier alpha value is -2.10. The van der Waals surface area contributed by atoms with Crippen LogP contribution in [0.5, 0.6) is 0 Å². The molecule has 0 saturated carbocycles. The van der Waals surface area contributed by atoms with E-state index in [4.69, 9.17) is 5.26 Å². The molecule has 0 unspecified atom stereocenters. The van der Waals surface area contributed by atoms with E-state index in [-0.39, 0.29) is 0 Å². The molecule has 0 amide bonds. The summed E-state index contributed by atoms with van der Waals surface area (Å²) in [5, 5.41) is 21.4. The van der Waals surface area contributed by atoms with Gasteiger partial charge < -0.3 is 5.32 Å². The lowest BCUT2D eigenvalue weighted by Crippen LogP contribution is -2.00. The molecule has 2 aromatic heterocycles. The number of halogens is 1. The summed E-state index contributed by atoms with van der Waals surface area (Å²) in [5.74, 6) is 0. The summed E-state index contributed by atoms with van der Waals surface area (Å²) in [4.78, 5) is 1.17. The molecule has 2 heterocycles. The Labute approximate surface area is 134 Å². The van der Waals surface area contributed by atoms with Crippen molar-refractivity contribution in [3.63, 3.8) is 0 Å². The Balaban J connectivity index is 1.77. The number of rotatable bonds is 4. The molecule has 3 rings (SSSR count). The average molecular weight is 359 g/mol. The first-order valence-corrected chi connectivity index (χ1v) is 7.95. The summed E-state index contributed by atoms with van der Waals surface area (Å²) in [6, 6.07) is 11.7. The highest BCUT2D eigenvalue weighted by atomic mass is 79.9. The fraction of sp³-hybridized carbons (Fsp3) is 0.0667. The van der Waals surface area contributed by atoms with Crippen LogP contribution in [0.15, 0.2) is 46.4 Å². The highest BCUT2D eigenvalue weighted by molar-refractivity contribution is 9.10. The number of anilines is 1. The summed E-state index contributed by atoms with van der Waals surface area (Å²) >= 11 is 5.15. The van der Waals surface area contributed by atoms with E-state index in [1.165, 1.54) is 4.88 Å². The molecule has 0 aliphatic carbocycles. The van der Waals surface area contributed by atoms with E-state index in [9.17, 15) is 0 Å². The minimum atomic E-state index is 0.634. The van der Waals surface area contributed by atoms with Gasteiger partial charge in [-0.3, -0.25) is 5.10 Å². The van der Waals surface area contributed by atoms with Gasteiger partial charge in [0, 0.05) is 22.3 Å². The van der Waals surface area contributed by atoms with Crippen LogP contribution in [0.1, 0.15) is 11.1 Å². The number of thiophene rings is 1. The van der Waals surface area contributed by atoms with E-state index in [2.05, 4.69) is 43.6 Å². The molecule has 0 atom stereocenters. The van der Waals surface area contributed by atoms with Crippen LogP contribution in [0.4, 0.5) is 5.69 Å². The first-order chi connectivity index (χ1) is 10.3. The molecule has 104 valence electrons. The van der Waals surface area contributed by atoms with Gasteiger partial charge in [0.1, 0.15) is 0 Å². The van der Waals surface area contributed by atoms with E-state index in [0.29, 0.717) is 12.1 Å². The Morgan fingerprint density at radius 2 is 2.29 bits per heavy atom. The third-order valence-corrected chi connectivity index (χ3v) is 4.60. The summed E-state index contributed by atoms with van der Waals surface area (Å²) in [7, 11) is 0. The molecular formula is C15H11BrN4S. The summed E-state index contributed by atoms with van der Waals surface area (Å²) < 4.78 is 0.878. The Kier molecular flexibility index (Phi) is 4.04. The van der Waals surface area contributed by atoms with Crippen molar-refractivity contribution in [2.45, 2.75) is 6.54 Å². The van der Waals surface area contributed by atoms with Crippen molar-refractivity contribution in [2.24, 2.45) is 0 Å². The number of hydrogen-bond acceptors (Lipinski definition) is 4. The van der Waals surface area contributed by atoms with Gasteiger partial charge in [-0.15, -0.1) is 11.3 Å². The molecule has 0 radical (unpaired) electrons. The third kappa shape index (κ3) is 2.99. The van der Waals surface area contributed by atoms with Crippen LogP contribution in [-0.4, -0.2) is 10.2 Å². The number of nitrogens with zero attached hydrogens (tertiary/aromatic N) is 2. The van der Waals surface area contributed by atoms with Crippen molar-refractivity contribution < 1.29 is 0 Å². The van der Waals surface area contributed by atoms with E-state index < -0.39 is 0 Å². The largest absolute Gasteiger partial charge is 0.380 e. The zero-order chi connectivity index (χ0) is 14.7. The molecule has 0 aliphatic heterocycles. The smallest absolute Gasteiger partial charge is 0.0992 e. The zero-order valence-electron chi connectivity index (χ0n) is 10.9. The Morgan fingerprint density at radius 1 is 1.38 bits per heavy atom. The number of benzene rings is 1. The summed E-state index contributed by atoms with van der Waals surface area (Å²) in [6.07, 6.45) is 1.83. The zero-order valence-corrected chi connectivity index (χ0v) is 13.3. The molecule has 0 aliphatic rings. The lowest BCUT2D eigenvalue weighted by molar-refractivity contribution is 1.10. The van der Waals surface area contributed by atoms with Gasteiger partial charge in [0.2, 0.25) is 0 Å². The van der Waals surface area contributed by atoms with Crippen molar-refractivity contribution >= 4 is 33.0 Å². The number of aromatic nitrogens is 2. The second kappa shape index (κ2) is 6.12. The fourth-order valence-corrected chi connectivity index (χ4v) is 3.27. The van der Waals surface area contributed by atoms with Crippen molar-refractivity contribution in [3.8, 4) is 16.6 Å². The number of aromatic amines is 1. The topological polar surface area (TPSA) is 64.5 Å². The molecule has 2 N–H and O–H groups in total. The van der Waals surface area contributed by atoms with Gasteiger partial charge in [-0.25, -0.2) is 0 Å². The van der Waals surface area contributed by atoms with Crippen LogP contribution < -0.4 is 5.32 Å². The maximum atomic E-state index is 8.87. The fourth-order valence-electron chi connectivity index (χ4n) is 2.00. The first kappa shape index (κ1) is 13.9. The number of nitriles is 1. The molecule has 4 nitrogen and oxygen atoms in total. The molecular weight excluding hydrogens is 348 g/mol. The van der Waals surface area contributed by atoms with Gasteiger partial charge in [-0.1, -0.05) is 6.07 Å². The van der Waals surface area contributed by atoms with Crippen molar-refractivity contribution in [1.82, 2.24) is 10.2 Å². The van der Waals surface area contributed by atoms with E-state index in [1.54, 1.807) is 23.5 Å². The van der Waals surface area contributed by atoms with Gasteiger partial charge >= 0.3 is 0 Å². The normalized spacial score (nSPS) is 10.3. The molecule has 0 bridgehead atoms. The standard InChI is InChI=1S/C15H11BrN4S/c16-12-6-10(7-17)3-4-13(12)18-8-11-9-19-20-15(11)14-2-1-5-21-14/h1-6,9,18H,8H2,(H,19,20). The van der Waals surface area contributed by atoms with Gasteiger partial charge in [0.05, 0.1) is 28.4 Å². The lowest BCUT2D eigenvalue weighted by Gasteiger charge is -2.08. The molecule has 0 saturated heterocycles. The van der Waals surface area contributed by atoms with Crippen LogP contribution in [0.3, 0.4) is 0 Å². The van der Waals surface area contributed by atoms with Crippen LogP contribution in [0.25, 0.3) is 10.6 Å². The molecule has 1 aromatic carbocycles. The van der Waals surface area contributed by atoms with Crippen LogP contribution >= 0.6 is 27.3 Å². The van der Waals surface area contributed by atoms with Crippen LogP contribution in [0, 0.1) is 11.3 Å². The molecule has 3 aromatic rings. The molecule has 21 heavy (non-hydrogen) atoms. The predicted octanol–water partition coefficient (Wildman–Crippen LogP) is 4.38. The van der Waals surface area contributed by atoms with E-state index in [1.807, 2.05) is 23.7 Å². The number of hydrogen-bond donors (Lipinski definition) is 2. The molecule has 6 heteroatoms. The Bertz CT molecular complexity index is 786. The number of H-pyrrole nitrogens is 1. The van der Waals surface area contributed by atoms with Crippen molar-refractivity contribution in [3.05, 3.63) is 57.5 Å². The third-order valence-electron chi connectivity index (χ3n) is 3.05. The van der Waals surface area contributed by atoms with Gasteiger partial charge in [-0.05, 0) is 45.6 Å². The number of nitrogens with one attached hydrogen (secondary N) is 2. The molecule has 0 fully saturated rings. The maximum Gasteiger partial charge on any atom is 0.0992 e. The van der Waals surface area contributed by atoms with Gasteiger partial charge in [0.25, 0.3) is 0 Å². The first-order valence-electron chi connectivity index (χ1n) is 6.27. The van der Waals surface area contributed by atoms with Crippen molar-refractivity contribution in [1.29, 1.82) is 5.26 Å². The molecule has 0 spiro atoms. The van der Waals surface area contributed by atoms with E-state index in [0.717, 1.165) is 21.4 Å². The highest BCUT2D eigenvalue weighted by Gasteiger charge is 2.09. The highest BCUT2D eigenvalue weighted by Crippen LogP contribution is 2.28. The second-order valence-corrected chi connectivity index (χ2v) is 6.21.